The number of carboxylic acids is 1. The van der Waals surface area contributed by atoms with Crippen LogP contribution in [0.15, 0.2) is 27.6 Å². The van der Waals surface area contributed by atoms with Gasteiger partial charge in [0.25, 0.3) is 0 Å². The average molecular weight is 352 g/mol. The van der Waals surface area contributed by atoms with E-state index in [-0.39, 0.29) is 21.5 Å². The molecular formula is C11H14BrNO5S. The number of hydrogen-bond acceptors (Lipinski definition) is 4. The summed E-state index contributed by atoms with van der Waals surface area (Å²) in [6.07, 6.45) is -0.795. The van der Waals surface area contributed by atoms with Gasteiger partial charge >= 0.3 is 5.97 Å². The Hall–Kier alpha value is -0.960. The molecule has 2 N–H and O–H groups in total. The van der Waals surface area contributed by atoms with E-state index in [0.717, 1.165) is 4.31 Å². The number of aliphatic hydroxyl groups excluding tert-OH is 1. The first-order valence-corrected chi connectivity index (χ1v) is 7.57. The molecule has 1 aromatic rings. The zero-order valence-corrected chi connectivity index (χ0v) is 12.8. The summed E-state index contributed by atoms with van der Waals surface area (Å²) in [6.45, 7) is 1.43. The van der Waals surface area contributed by atoms with E-state index in [4.69, 9.17) is 5.11 Å². The van der Waals surface area contributed by atoms with Crippen molar-refractivity contribution in [3.05, 3.63) is 28.2 Å². The van der Waals surface area contributed by atoms with Gasteiger partial charge in [-0.05, 0) is 41.1 Å². The first-order valence-electron chi connectivity index (χ1n) is 5.33. The Morgan fingerprint density at radius 1 is 1.47 bits per heavy atom. The first-order chi connectivity index (χ1) is 8.66. The summed E-state index contributed by atoms with van der Waals surface area (Å²) in [4.78, 5) is 10.7. The second-order valence-electron chi connectivity index (χ2n) is 4.08. The summed E-state index contributed by atoms with van der Waals surface area (Å²) >= 11 is 3.05. The van der Waals surface area contributed by atoms with Gasteiger partial charge in [0.2, 0.25) is 10.0 Å². The summed E-state index contributed by atoms with van der Waals surface area (Å²) < 4.78 is 25.6. The molecule has 1 aromatic carbocycles. The van der Waals surface area contributed by atoms with Crippen LogP contribution in [0.2, 0.25) is 0 Å². The molecule has 0 saturated heterocycles. The van der Waals surface area contributed by atoms with Crippen LogP contribution in [0.3, 0.4) is 0 Å². The maximum absolute atomic E-state index is 12.2. The molecule has 0 aromatic heterocycles. The third-order valence-electron chi connectivity index (χ3n) is 2.39. The van der Waals surface area contributed by atoms with Gasteiger partial charge in [-0.15, -0.1) is 0 Å². The zero-order valence-electron chi connectivity index (χ0n) is 10.4. The SMILES string of the molecule is CC(O)CN(C)S(=O)(=O)c1ccc(C(=O)O)cc1Br. The summed E-state index contributed by atoms with van der Waals surface area (Å²) in [5.41, 5.74) is -0.0102. The number of aromatic carboxylic acids is 1. The van der Waals surface area contributed by atoms with Crippen molar-refractivity contribution in [2.24, 2.45) is 0 Å². The fourth-order valence-electron chi connectivity index (χ4n) is 1.48. The molecule has 106 valence electrons. The van der Waals surface area contributed by atoms with E-state index < -0.39 is 22.1 Å². The number of halogens is 1. The van der Waals surface area contributed by atoms with Gasteiger partial charge in [-0.3, -0.25) is 0 Å². The highest BCUT2D eigenvalue weighted by molar-refractivity contribution is 9.10. The van der Waals surface area contributed by atoms with Crippen LogP contribution in [0.4, 0.5) is 0 Å². The predicted octanol–water partition coefficient (Wildman–Crippen LogP) is 1.15. The Labute approximate surface area is 119 Å². The maximum Gasteiger partial charge on any atom is 0.335 e. The Morgan fingerprint density at radius 2 is 2.05 bits per heavy atom. The van der Waals surface area contributed by atoms with E-state index in [9.17, 15) is 18.3 Å². The third kappa shape index (κ3) is 3.75. The third-order valence-corrected chi connectivity index (χ3v) is 5.19. The van der Waals surface area contributed by atoms with Crippen LogP contribution in [0.5, 0.6) is 0 Å². The smallest absolute Gasteiger partial charge is 0.335 e. The fraction of sp³-hybridized carbons (Fsp3) is 0.364. The number of rotatable bonds is 5. The van der Waals surface area contributed by atoms with Crippen LogP contribution in [0.1, 0.15) is 17.3 Å². The Morgan fingerprint density at radius 3 is 2.47 bits per heavy atom. The molecule has 0 amide bonds. The summed E-state index contributed by atoms with van der Waals surface area (Å²) in [5, 5.41) is 18.0. The second kappa shape index (κ2) is 6.00. The fourth-order valence-corrected chi connectivity index (χ4v) is 3.77. The van der Waals surface area contributed by atoms with Gasteiger partial charge in [-0.1, -0.05) is 0 Å². The minimum Gasteiger partial charge on any atom is -0.478 e. The van der Waals surface area contributed by atoms with E-state index in [2.05, 4.69) is 15.9 Å². The van der Waals surface area contributed by atoms with Gasteiger partial charge < -0.3 is 10.2 Å². The molecule has 8 heteroatoms. The lowest BCUT2D eigenvalue weighted by Crippen LogP contribution is -2.33. The topological polar surface area (TPSA) is 94.9 Å². The highest BCUT2D eigenvalue weighted by Gasteiger charge is 2.24. The average Bonchev–Trinajstić information content (AvgIpc) is 2.27. The van der Waals surface area contributed by atoms with E-state index >= 15 is 0 Å². The zero-order chi connectivity index (χ0) is 14.8. The Bertz CT molecular complexity index is 585. The number of benzene rings is 1. The van der Waals surface area contributed by atoms with Gasteiger partial charge in [-0.25, -0.2) is 13.2 Å². The minimum absolute atomic E-state index is 0.0102. The number of carbonyl (C=O) groups is 1. The standard InChI is InChI=1S/C11H14BrNO5S/c1-7(14)6-13(2)19(17,18)10-4-3-8(11(15)16)5-9(10)12/h3-5,7,14H,6H2,1-2H3,(H,15,16). The van der Waals surface area contributed by atoms with E-state index in [1.165, 1.54) is 32.2 Å². The van der Waals surface area contributed by atoms with E-state index in [1.54, 1.807) is 0 Å². The highest BCUT2D eigenvalue weighted by Crippen LogP contribution is 2.25. The molecule has 1 atom stereocenters. The lowest BCUT2D eigenvalue weighted by molar-refractivity contribution is 0.0696. The van der Waals surface area contributed by atoms with Crippen molar-refractivity contribution in [3.63, 3.8) is 0 Å². The van der Waals surface area contributed by atoms with Crippen molar-refractivity contribution in [1.29, 1.82) is 0 Å². The number of sulfonamides is 1. The molecule has 1 unspecified atom stereocenters. The van der Waals surface area contributed by atoms with E-state index in [0.29, 0.717) is 0 Å². The molecule has 1 rings (SSSR count). The van der Waals surface area contributed by atoms with Crippen LogP contribution in [-0.4, -0.2) is 48.6 Å². The van der Waals surface area contributed by atoms with Crippen molar-refractivity contribution in [3.8, 4) is 0 Å². The number of hydrogen-bond donors (Lipinski definition) is 2. The molecular weight excluding hydrogens is 338 g/mol. The predicted molar refractivity (Wildman–Crippen MR) is 72.6 cm³/mol. The van der Waals surface area contributed by atoms with Gasteiger partial charge in [0.05, 0.1) is 16.6 Å². The molecule has 0 saturated carbocycles. The van der Waals surface area contributed by atoms with Crippen LogP contribution in [0, 0.1) is 0 Å². The van der Waals surface area contributed by atoms with Gasteiger partial charge in [0.1, 0.15) is 0 Å². The second-order valence-corrected chi connectivity index (χ2v) is 6.95. The van der Waals surface area contributed by atoms with Crippen molar-refractivity contribution in [2.75, 3.05) is 13.6 Å². The Kier molecular flexibility index (Phi) is 5.08. The van der Waals surface area contributed by atoms with Gasteiger partial charge in [-0.2, -0.15) is 4.31 Å². The van der Waals surface area contributed by atoms with E-state index in [1.807, 2.05) is 0 Å². The van der Waals surface area contributed by atoms with Crippen molar-refractivity contribution >= 4 is 31.9 Å². The lowest BCUT2D eigenvalue weighted by Gasteiger charge is -2.19. The summed E-state index contributed by atoms with van der Waals surface area (Å²) in [7, 11) is -2.43. The molecule has 0 aliphatic carbocycles. The van der Waals surface area contributed by atoms with Crippen molar-refractivity contribution in [2.45, 2.75) is 17.9 Å². The quantitative estimate of drug-likeness (QED) is 0.829. The molecule has 19 heavy (non-hydrogen) atoms. The monoisotopic (exact) mass is 351 g/mol. The molecule has 0 spiro atoms. The Balaban J connectivity index is 3.19. The number of carboxylic acid groups (broad SMARTS) is 1. The normalized spacial score (nSPS) is 13.5. The molecule has 0 aliphatic rings. The van der Waals surface area contributed by atoms with Gasteiger partial charge in [0, 0.05) is 18.1 Å². The molecule has 0 aliphatic heterocycles. The maximum atomic E-state index is 12.2. The highest BCUT2D eigenvalue weighted by atomic mass is 79.9. The van der Waals surface area contributed by atoms with Gasteiger partial charge in [0.15, 0.2) is 0 Å². The van der Waals surface area contributed by atoms with Crippen molar-refractivity contribution < 1.29 is 23.4 Å². The molecule has 0 bridgehead atoms. The number of nitrogens with zero attached hydrogens (tertiary/aromatic N) is 1. The first kappa shape index (κ1) is 16.1. The molecule has 0 radical (unpaired) electrons. The molecule has 0 fully saturated rings. The van der Waals surface area contributed by atoms with Crippen LogP contribution in [-0.2, 0) is 10.0 Å². The summed E-state index contributed by atoms with van der Waals surface area (Å²) in [5.74, 6) is -1.14. The summed E-state index contributed by atoms with van der Waals surface area (Å²) in [6, 6.07) is 3.67. The minimum atomic E-state index is -3.77. The number of aliphatic hydroxyl groups is 1. The van der Waals surface area contributed by atoms with Crippen LogP contribution >= 0.6 is 15.9 Å². The lowest BCUT2D eigenvalue weighted by atomic mass is 10.2. The van der Waals surface area contributed by atoms with Crippen molar-refractivity contribution in [1.82, 2.24) is 4.31 Å². The van der Waals surface area contributed by atoms with Crippen LogP contribution in [0.25, 0.3) is 0 Å². The largest absolute Gasteiger partial charge is 0.478 e. The molecule has 0 heterocycles. The molecule has 6 nitrogen and oxygen atoms in total. The number of likely N-dealkylation sites (N-methyl/N-ethyl adjacent to an activating group) is 1. The van der Waals surface area contributed by atoms with Crippen LogP contribution < -0.4 is 0 Å².